The molecular formula is C15H20BrN3O3. The molecule has 0 unspecified atom stereocenters. The Bertz CT molecular complexity index is 559. The molecule has 6 nitrogen and oxygen atoms in total. The van der Waals surface area contributed by atoms with Crippen molar-refractivity contribution < 1.29 is 10.0 Å². The number of piperazine rings is 1. The molecule has 2 N–H and O–H groups in total. The third-order valence-corrected chi connectivity index (χ3v) is 4.49. The van der Waals surface area contributed by atoms with Crippen LogP contribution in [-0.4, -0.2) is 41.1 Å². The molecule has 0 aromatic heterocycles. The Morgan fingerprint density at radius 1 is 1.50 bits per heavy atom. The lowest BCUT2D eigenvalue weighted by Crippen LogP contribution is -2.45. The maximum absolute atomic E-state index is 11.1. The molecule has 1 saturated heterocycles. The minimum Gasteiger partial charge on any atom is -0.506 e. The molecule has 1 aromatic carbocycles. The van der Waals surface area contributed by atoms with Crippen LogP contribution in [0.3, 0.4) is 0 Å². The second-order valence-corrected chi connectivity index (χ2v) is 6.14. The number of hydrogen-bond donors (Lipinski definition) is 2. The number of allylic oxidation sites excluding steroid dienone is 1. The lowest BCUT2D eigenvalue weighted by molar-refractivity contribution is -0.385. The molecule has 7 heteroatoms. The molecular weight excluding hydrogens is 350 g/mol. The van der Waals surface area contributed by atoms with E-state index in [4.69, 9.17) is 0 Å². The second kappa shape index (κ2) is 7.71. The number of nitro benzene ring substituents is 1. The van der Waals surface area contributed by atoms with Crippen LogP contribution in [0.15, 0.2) is 29.3 Å². The number of phenolic OH excluding ortho intramolecular Hbond substituents is 1. The van der Waals surface area contributed by atoms with Crippen molar-refractivity contribution in [3.63, 3.8) is 0 Å². The number of hydrogen-bond acceptors (Lipinski definition) is 5. The van der Waals surface area contributed by atoms with E-state index in [9.17, 15) is 15.2 Å². The number of nitrogens with zero attached hydrogens (tertiary/aromatic N) is 2. The fourth-order valence-corrected chi connectivity index (χ4v) is 3.23. The van der Waals surface area contributed by atoms with Gasteiger partial charge in [0, 0.05) is 49.9 Å². The predicted molar refractivity (Wildman–Crippen MR) is 89.1 cm³/mol. The van der Waals surface area contributed by atoms with Crippen LogP contribution in [0, 0.1) is 10.1 Å². The zero-order valence-electron chi connectivity index (χ0n) is 12.3. The molecule has 1 aliphatic rings. The monoisotopic (exact) mass is 369 g/mol. The third kappa shape index (κ3) is 3.85. The number of benzene rings is 1. The van der Waals surface area contributed by atoms with Crippen molar-refractivity contribution in [2.75, 3.05) is 26.2 Å². The van der Waals surface area contributed by atoms with E-state index in [0.29, 0.717) is 10.0 Å². The first-order valence-corrected chi connectivity index (χ1v) is 8.06. The molecule has 1 atom stereocenters. The second-order valence-electron chi connectivity index (χ2n) is 5.29. The molecule has 22 heavy (non-hydrogen) atoms. The van der Waals surface area contributed by atoms with Crippen LogP contribution in [0.4, 0.5) is 5.69 Å². The van der Waals surface area contributed by atoms with Gasteiger partial charge in [-0.05, 0) is 28.8 Å². The van der Waals surface area contributed by atoms with Crippen LogP contribution < -0.4 is 5.32 Å². The first-order chi connectivity index (χ1) is 10.5. The number of nitrogens with one attached hydrogen (secondary N) is 1. The summed E-state index contributed by atoms with van der Waals surface area (Å²) in [5.41, 5.74) is 0.586. The summed E-state index contributed by atoms with van der Waals surface area (Å²) < 4.78 is 0.357. The maximum Gasteiger partial charge on any atom is 0.271 e. The molecule has 0 bridgehead atoms. The van der Waals surface area contributed by atoms with Gasteiger partial charge in [0.2, 0.25) is 0 Å². The van der Waals surface area contributed by atoms with E-state index < -0.39 is 4.92 Å². The first kappa shape index (κ1) is 16.9. The Kier molecular flexibility index (Phi) is 5.93. The quantitative estimate of drug-likeness (QED) is 0.457. The van der Waals surface area contributed by atoms with E-state index in [2.05, 4.69) is 32.7 Å². The van der Waals surface area contributed by atoms with Gasteiger partial charge in [-0.2, -0.15) is 0 Å². The van der Waals surface area contributed by atoms with Gasteiger partial charge in [-0.3, -0.25) is 15.0 Å². The summed E-state index contributed by atoms with van der Waals surface area (Å²) in [6, 6.07) is 2.76. The summed E-state index contributed by atoms with van der Waals surface area (Å²) in [6.45, 7) is 7.20. The largest absolute Gasteiger partial charge is 0.506 e. The smallest absolute Gasteiger partial charge is 0.271 e. The molecule has 2 rings (SSSR count). The Balaban J connectivity index is 2.40. The van der Waals surface area contributed by atoms with Crippen LogP contribution in [0.2, 0.25) is 0 Å². The van der Waals surface area contributed by atoms with Crippen LogP contribution in [0.1, 0.15) is 24.4 Å². The molecule has 0 radical (unpaired) electrons. The highest BCUT2D eigenvalue weighted by molar-refractivity contribution is 9.10. The lowest BCUT2D eigenvalue weighted by Gasteiger charge is -2.35. The summed E-state index contributed by atoms with van der Waals surface area (Å²) in [7, 11) is 0. The number of non-ortho nitro benzene ring substituents is 1. The molecule has 1 fully saturated rings. The Labute approximate surface area is 138 Å². The summed E-state index contributed by atoms with van der Waals surface area (Å²) in [5.74, 6) is 0.0817. The Morgan fingerprint density at radius 2 is 2.18 bits per heavy atom. The van der Waals surface area contributed by atoms with Crippen molar-refractivity contribution in [1.82, 2.24) is 10.2 Å². The highest BCUT2D eigenvalue weighted by Gasteiger charge is 2.27. The van der Waals surface area contributed by atoms with E-state index >= 15 is 0 Å². The normalized spacial score (nSPS) is 17.1. The Morgan fingerprint density at radius 3 is 2.77 bits per heavy atom. The van der Waals surface area contributed by atoms with Gasteiger partial charge in [-0.25, -0.2) is 0 Å². The fraction of sp³-hybridized carbons (Fsp3) is 0.467. The summed E-state index contributed by atoms with van der Waals surface area (Å²) in [5, 5.41) is 24.8. The van der Waals surface area contributed by atoms with Crippen molar-refractivity contribution in [2.24, 2.45) is 0 Å². The van der Waals surface area contributed by atoms with Gasteiger partial charge in [0.05, 0.1) is 9.40 Å². The zero-order valence-corrected chi connectivity index (χ0v) is 13.9. The van der Waals surface area contributed by atoms with E-state index in [-0.39, 0.29) is 17.5 Å². The standard InChI is InChI=1S/C15H20BrN3O3/c1-2-3-4-14(18-7-5-17-6-8-18)12-9-11(19(21)22)10-13(16)15(12)20/h2,9-10,14,17,20H,1,3-8H2/t14-/m1/s1. The van der Waals surface area contributed by atoms with E-state index in [1.807, 2.05) is 6.08 Å². The summed E-state index contributed by atoms with van der Waals surface area (Å²) >= 11 is 3.22. The van der Waals surface area contributed by atoms with Crippen molar-refractivity contribution in [3.05, 3.63) is 44.9 Å². The van der Waals surface area contributed by atoms with Crippen LogP contribution in [-0.2, 0) is 0 Å². The molecule has 0 spiro atoms. The average molecular weight is 370 g/mol. The predicted octanol–water partition coefficient (Wildman–Crippen LogP) is 2.98. The van der Waals surface area contributed by atoms with Gasteiger partial charge in [-0.15, -0.1) is 6.58 Å². The zero-order chi connectivity index (χ0) is 16.1. The minimum absolute atomic E-state index is 0.0154. The third-order valence-electron chi connectivity index (χ3n) is 3.88. The number of nitro groups is 1. The van der Waals surface area contributed by atoms with Crippen molar-refractivity contribution >= 4 is 21.6 Å². The van der Waals surface area contributed by atoms with Crippen LogP contribution in [0.25, 0.3) is 0 Å². The van der Waals surface area contributed by atoms with Gasteiger partial charge in [0.1, 0.15) is 5.75 Å². The summed E-state index contributed by atoms with van der Waals surface area (Å²) in [6.07, 6.45) is 3.39. The highest BCUT2D eigenvalue weighted by Crippen LogP contribution is 2.39. The van der Waals surface area contributed by atoms with Gasteiger partial charge >= 0.3 is 0 Å². The number of halogens is 1. The number of phenols is 1. The van der Waals surface area contributed by atoms with Gasteiger partial charge in [0.15, 0.2) is 0 Å². The topological polar surface area (TPSA) is 78.6 Å². The van der Waals surface area contributed by atoms with Gasteiger partial charge in [0.25, 0.3) is 5.69 Å². The number of aromatic hydroxyl groups is 1. The molecule has 1 heterocycles. The molecule has 0 amide bonds. The van der Waals surface area contributed by atoms with Crippen LogP contribution >= 0.6 is 15.9 Å². The first-order valence-electron chi connectivity index (χ1n) is 7.27. The van der Waals surface area contributed by atoms with E-state index in [1.54, 1.807) is 0 Å². The minimum atomic E-state index is -0.435. The van der Waals surface area contributed by atoms with Gasteiger partial charge < -0.3 is 10.4 Å². The maximum atomic E-state index is 11.1. The van der Waals surface area contributed by atoms with Gasteiger partial charge in [-0.1, -0.05) is 6.08 Å². The highest BCUT2D eigenvalue weighted by atomic mass is 79.9. The van der Waals surface area contributed by atoms with E-state index in [1.165, 1.54) is 12.1 Å². The van der Waals surface area contributed by atoms with Crippen molar-refractivity contribution in [2.45, 2.75) is 18.9 Å². The Hall–Kier alpha value is -1.44. The molecule has 1 aliphatic heterocycles. The molecule has 120 valence electrons. The SMILES string of the molecule is C=CCC[C@H](c1cc([N+](=O)[O-])cc(Br)c1O)N1CCNCC1. The van der Waals surface area contributed by atoms with Crippen molar-refractivity contribution in [1.29, 1.82) is 0 Å². The van der Waals surface area contributed by atoms with Crippen LogP contribution in [0.5, 0.6) is 5.75 Å². The summed E-state index contributed by atoms with van der Waals surface area (Å²) in [4.78, 5) is 12.9. The molecule has 1 aromatic rings. The fourth-order valence-electron chi connectivity index (χ4n) is 2.77. The molecule has 0 aliphatic carbocycles. The number of rotatable bonds is 6. The average Bonchev–Trinajstić information content (AvgIpc) is 2.52. The molecule has 0 saturated carbocycles. The van der Waals surface area contributed by atoms with E-state index in [0.717, 1.165) is 39.0 Å². The van der Waals surface area contributed by atoms with Crippen molar-refractivity contribution in [3.8, 4) is 5.75 Å². The lowest BCUT2D eigenvalue weighted by atomic mass is 9.98.